The molecular weight excluding hydrogens is 278 g/mol. The molecule has 0 radical (unpaired) electrons. The van der Waals surface area contributed by atoms with E-state index < -0.39 is 0 Å². The van der Waals surface area contributed by atoms with Crippen LogP contribution in [0.3, 0.4) is 0 Å². The normalized spacial score (nSPS) is 19.6. The number of amides is 1. The number of hydrogen-bond donors (Lipinski definition) is 0. The molecular formula is C13H15N3OS2. The quantitative estimate of drug-likeness (QED) is 0.874. The zero-order valence-corrected chi connectivity index (χ0v) is 12.1. The molecule has 1 atom stereocenters. The van der Waals surface area contributed by atoms with Gasteiger partial charge in [0.15, 0.2) is 0 Å². The number of carbonyl (C=O) groups excluding carboxylic acids is 1. The van der Waals surface area contributed by atoms with E-state index >= 15 is 0 Å². The lowest BCUT2D eigenvalue weighted by Crippen LogP contribution is -2.40. The second-order valence-electron chi connectivity index (χ2n) is 4.76. The minimum Gasteiger partial charge on any atom is -0.338 e. The van der Waals surface area contributed by atoms with Gasteiger partial charge in [-0.05, 0) is 18.8 Å². The van der Waals surface area contributed by atoms with Crippen molar-refractivity contribution in [1.82, 2.24) is 14.9 Å². The fourth-order valence-electron chi connectivity index (χ4n) is 2.49. The van der Waals surface area contributed by atoms with Gasteiger partial charge in [0.25, 0.3) is 5.91 Å². The lowest BCUT2D eigenvalue weighted by atomic mass is 9.95. The van der Waals surface area contributed by atoms with Crippen molar-refractivity contribution in [2.45, 2.75) is 19.3 Å². The van der Waals surface area contributed by atoms with Gasteiger partial charge in [0.05, 0.1) is 16.7 Å². The molecule has 6 heteroatoms. The smallest absolute Gasteiger partial charge is 0.265 e. The molecule has 4 nitrogen and oxygen atoms in total. The number of nitrogens with zero attached hydrogens (tertiary/aromatic N) is 3. The lowest BCUT2D eigenvalue weighted by molar-refractivity contribution is 0.0678. The molecule has 0 bridgehead atoms. The first-order valence-electron chi connectivity index (χ1n) is 6.39. The van der Waals surface area contributed by atoms with Crippen molar-refractivity contribution in [3.05, 3.63) is 33.2 Å². The molecule has 0 N–H and O–H groups in total. The molecule has 1 aliphatic heterocycles. The van der Waals surface area contributed by atoms with Crippen molar-refractivity contribution < 1.29 is 4.79 Å². The highest BCUT2D eigenvalue weighted by atomic mass is 32.1. The van der Waals surface area contributed by atoms with Gasteiger partial charge in [-0.25, -0.2) is 4.98 Å². The minimum atomic E-state index is 0.131. The van der Waals surface area contributed by atoms with Gasteiger partial charge in [-0.2, -0.15) is 0 Å². The molecule has 1 saturated heterocycles. The van der Waals surface area contributed by atoms with E-state index in [1.54, 1.807) is 23.0 Å². The molecule has 100 valence electrons. The third-order valence-electron chi connectivity index (χ3n) is 3.40. The van der Waals surface area contributed by atoms with E-state index in [1.807, 2.05) is 16.5 Å². The molecule has 19 heavy (non-hydrogen) atoms. The van der Waals surface area contributed by atoms with Crippen LogP contribution in [0.1, 0.15) is 27.5 Å². The molecule has 2 aromatic rings. The van der Waals surface area contributed by atoms with Crippen LogP contribution < -0.4 is 0 Å². The summed E-state index contributed by atoms with van der Waals surface area (Å²) in [6, 6.07) is 0. The Kier molecular flexibility index (Phi) is 3.89. The summed E-state index contributed by atoms with van der Waals surface area (Å²) in [4.78, 5) is 23.3. The zero-order valence-electron chi connectivity index (χ0n) is 10.5. The van der Waals surface area contributed by atoms with Crippen molar-refractivity contribution in [2.75, 3.05) is 13.1 Å². The Hall–Kier alpha value is -1.27. The Morgan fingerprint density at radius 1 is 1.47 bits per heavy atom. The summed E-state index contributed by atoms with van der Waals surface area (Å²) in [5.74, 6) is 0.670. The van der Waals surface area contributed by atoms with Crippen LogP contribution in [0.25, 0.3) is 0 Å². The Morgan fingerprint density at radius 3 is 3.16 bits per heavy atom. The Bertz CT molecular complexity index is 524. The van der Waals surface area contributed by atoms with Crippen LogP contribution in [0.5, 0.6) is 0 Å². The summed E-state index contributed by atoms with van der Waals surface area (Å²) >= 11 is 3.12. The topological polar surface area (TPSA) is 46.1 Å². The maximum Gasteiger partial charge on any atom is 0.265 e. The van der Waals surface area contributed by atoms with Crippen molar-refractivity contribution in [3.63, 3.8) is 0 Å². The van der Waals surface area contributed by atoms with Gasteiger partial charge < -0.3 is 4.90 Å². The van der Waals surface area contributed by atoms with Crippen LogP contribution in [0, 0.1) is 5.92 Å². The van der Waals surface area contributed by atoms with Gasteiger partial charge in [-0.3, -0.25) is 9.78 Å². The highest BCUT2D eigenvalue weighted by Gasteiger charge is 2.25. The van der Waals surface area contributed by atoms with Crippen LogP contribution >= 0.6 is 22.7 Å². The van der Waals surface area contributed by atoms with Gasteiger partial charge in [0.2, 0.25) is 0 Å². The molecule has 0 spiro atoms. The number of thiazole rings is 2. The monoisotopic (exact) mass is 293 g/mol. The number of carbonyl (C=O) groups is 1. The van der Waals surface area contributed by atoms with Crippen molar-refractivity contribution in [1.29, 1.82) is 0 Å². The molecule has 2 aromatic heterocycles. The Labute approximate surface area is 120 Å². The number of rotatable bonds is 3. The lowest BCUT2D eigenvalue weighted by Gasteiger charge is -2.32. The SMILES string of the molecule is O=C(c1cncs1)N1CCC[C@@H](Cc2nccs2)C1. The first-order valence-corrected chi connectivity index (χ1v) is 8.15. The van der Waals surface area contributed by atoms with E-state index in [0.717, 1.165) is 30.8 Å². The van der Waals surface area contributed by atoms with E-state index in [0.29, 0.717) is 5.92 Å². The largest absolute Gasteiger partial charge is 0.338 e. The maximum absolute atomic E-state index is 12.3. The van der Waals surface area contributed by atoms with Crippen LogP contribution in [0.2, 0.25) is 0 Å². The van der Waals surface area contributed by atoms with Crippen LogP contribution in [0.4, 0.5) is 0 Å². The molecule has 1 fully saturated rings. The van der Waals surface area contributed by atoms with Gasteiger partial charge in [-0.15, -0.1) is 22.7 Å². The number of likely N-dealkylation sites (tertiary alicyclic amines) is 1. The predicted molar refractivity (Wildman–Crippen MR) is 76.6 cm³/mol. The van der Waals surface area contributed by atoms with Crippen molar-refractivity contribution in [2.24, 2.45) is 5.92 Å². The summed E-state index contributed by atoms with van der Waals surface area (Å²) in [6.07, 6.45) is 6.78. The second-order valence-corrected chi connectivity index (χ2v) is 6.62. The van der Waals surface area contributed by atoms with Crippen LogP contribution in [-0.2, 0) is 6.42 Å². The van der Waals surface area contributed by atoms with E-state index in [1.165, 1.54) is 22.8 Å². The van der Waals surface area contributed by atoms with E-state index in [-0.39, 0.29) is 5.91 Å². The molecule has 3 rings (SSSR count). The average Bonchev–Trinajstić information content (AvgIpc) is 3.11. The third-order valence-corrected chi connectivity index (χ3v) is 4.96. The van der Waals surface area contributed by atoms with Crippen LogP contribution in [-0.4, -0.2) is 33.9 Å². The van der Waals surface area contributed by atoms with Gasteiger partial charge in [0, 0.05) is 31.1 Å². The average molecular weight is 293 g/mol. The van der Waals surface area contributed by atoms with Crippen molar-refractivity contribution >= 4 is 28.6 Å². The first-order chi connectivity index (χ1) is 9.33. The van der Waals surface area contributed by atoms with Gasteiger partial charge in [-0.1, -0.05) is 0 Å². The van der Waals surface area contributed by atoms with Gasteiger partial charge >= 0.3 is 0 Å². The summed E-state index contributed by atoms with van der Waals surface area (Å²) in [5.41, 5.74) is 1.71. The highest BCUT2D eigenvalue weighted by molar-refractivity contribution is 7.11. The molecule has 0 unspecified atom stereocenters. The number of piperidine rings is 1. The molecule has 0 saturated carbocycles. The Balaban J connectivity index is 1.63. The number of hydrogen-bond acceptors (Lipinski definition) is 5. The summed E-state index contributed by atoms with van der Waals surface area (Å²) < 4.78 is 0. The maximum atomic E-state index is 12.3. The van der Waals surface area contributed by atoms with E-state index in [4.69, 9.17) is 0 Å². The zero-order chi connectivity index (χ0) is 13.1. The minimum absolute atomic E-state index is 0.131. The van der Waals surface area contributed by atoms with Crippen molar-refractivity contribution in [3.8, 4) is 0 Å². The summed E-state index contributed by atoms with van der Waals surface area (Å²) in [5, 5.41) is 3.19. The summed E-state index contributed by atoms with van der Waals surface area (Å²) in [7, 11) is 0. The predicted octanol–water partition coefficient (Wildman–Crippen LogP) is 2.69. The first kappa shape index (κ1) is 12.7. The molecule has 0 aromatic carbocycles. The van der Waals surface area contributed by atoms with Crippen LogP contribution in [0.15, 0.2) is 23.3 Å². The molecule has 1 amide bonds. The third kappa shape index (κ3) is 3.01. The molecule has 1 aliphatic rings. The highest BCUT2D eigenvalue weighted by Crippen LogP contribution is 2.23. The summed E-state index contributed by atoms with van der Waals surface area (Å²) in [6.45, 7) is 1.71. The van der Waals surface area contributed by atoms with E-state index in [9.17, 15) is 4.79 Å². The standard InChI is InChI=1S/C13H15N3OS2/c17-13(11-7-14-9-19-11)16-4-1-2-10(8-16)6-12-15-3-5-18-12/h3,5,7,9-10H,1-2,4,6,8H2/t10-/m0/s1. The van der Waals surface area contributed by atoms with E-state index in [2.05, 4.69) is 9.97 Å². The molecule has 0 aliphatic carbocycles. The fourth-order valence-corrected chi connectivity index (χ4v) is 3.81. The Morgan fingerprint density at radius 2 is 2.42 bits per heavy atom. The fraction of sp³-hybridized carbons (Fsp3) is 0.462. The van der Waals surface area contributed by atoms with Gasteiger partial charge in [0.1, 0.15) is 4.88 Å². The molecule has 3 heterocycles. The number of aromatic nitrogens is 2. The second kappa shape index (κ2) is 5.79.